The molecular formula is C12H16N2O. The molecule has 3 heteroatoms. The number of rotatable bonds is 2. The van der Waals surface area contributed by atoms with E-state index in [1.807, 2.05) is 26.0 Å². The summed E-state index contributed by atoms with van der Waals surface area (Å²) in [6, 6.07) is 3.76. The Morgan fingerprint density at radius 2 is 2.33 bits per heavy atom. The minimum absolute atomic E-state index is 0.208. The van der Waals surface area contributed by atoms with E-state index in [4.69, 9.17) is 0 Å². The van der Waals surface area contributed by atoms with Crippen molar-refractivity contribution in [2.45, 2.75) is 20.3 Å². The second-order valence-corrected chi connectivity index (χ2v) is 4.50. The van der Waals surface area contributed by atoms with E-state index < -0.39 is 0 Å². The highest BCUT2D eigenvalue weighted by Gasteiger charge is 2.36. The Bertz CT molecular complexity index is 364. The molecule has 2 heterocycles. The lowest BCUT2D eigenvalue weighted by Crippen LogP contribution is -2.30. The Labute approximate surface area is 89.9 Å². The van der Waals surface area contributed by atoms with Gasteiger partial charge in [-0.25, -0.2) is 0 Å². The highest BCUT2D eigenvalue weighted by Crippen LogP contribution is 2.28. The smallest absolute Gasteiger partial charge is 0.171 e. The van der Waals surface area contributed by atoms with Gasteiger partial charge in [0, 0.05) is 29.4 Å². The molecule has 0 saturated carbocycles. The van der Waals surface area contributed by atoms with Crippen LogP contribution >= 0.6 is 0 Å². The molecule has 1 aliphatic rings. The van der Waals surface area contributed by atoms with Crippen LogP contribution in [-0.4, -0.2) is 23.9 Å². The number of Topliss-reactive ketones (excluding diaryl/α,β-unsaturated/α-hetero) is 1. The third kappa shape index (κ3) is 1.92. The predicted octanol–water partition coefficient (Wildman–Crippen LogP) is 1.57. The van der Waals surface area contributed by atoms with Gasteiger partial charge in [0.15, 0.2) is 5.78 Å². The maximum absolute atomic E-state index is 12.2. The lowest BCUT2D eigenvalue weighted by atomic mass is 9.82. The number of pyridine rings is 1. The third-order valence-electron chi connectivity index (χ3n) is 3.09. The van der Waals surface area contributed by atoms with Crippen LogP contribution in [0.1, 0.15) is 29.4 Å². The Morgan fingerprint density at radius 1 is 1.53 bits per heavy atom. The van der Waals surface area contributed by atoms with E-state index >= 15 is 0 Å². The van der Waals surface area contributed by atoms with E-state index in [0.717, 1.165) is 30.8 Å². The van der Waals surface area contributed by atoms with E-state index in [2.05, 4.69) is 10.3 Å². The first-order valence-corrected chi connectivity index (χ1v) is 5.30. The summed E-state index contributed by atoms with van der Waals surface area (Å²) in [5.74, 6) is 0.208. The molecule has 0 aliphatic carbocycles. The molecule has 1 N–H and O–H groups in total. The van der Waals surface area contributed by atoms with Crippen LogP contribution in [0.4, 0.5) is 0 Å². The molecule has 1 saturated heterocycles. The summed E-state index contributed by atoms with van der Waals surface area (Å²) < 4.78 is 0. The van der Waals surface area contributed by atoms with Gasteiger partial charge in [-0.2, -0.15) is 0 Å². The molecule has 1 aliphatic heterocycles. The molecule has 1 aromatic rings. The average Bonchev–Trinajstić information content (AvgIpc) is 2.67. The number of nitrogens with one attached hydrogen (secondary N) is 1. The first-order valence-electron chi connectivity index (χ1n) is 5.30. The number of aromatic nitrogens is 1. The molecule has 0 bridgehead atoms. The quantitative estimate of drug-likeness (QED) is 0.743. The van der Waals surface area contributed by atoms with Crippen LogP contribution < -0.4 is 5.32 Å². The molecule has 1 aromatic heterocycles. The number of hydrogen-bond donors (Lipinski definition) is 1. The van der Waals surface area contributed by atoms with Gasteiger partial charge < -0.3 is 5.32 Å². The molecule has 0 radical (unpaired) electrons. The molecule has 0 aromatic carbocycles. The summed E-state index contributed by atoms with van der Waals surface area (Å²) in [7, 11) is 0. The van der Waals surface area contributed by atoms with Crippen LogP contribution in [0.3, 0.4) is 0 Å². The first-order chi connectivity index (χ1) is 7.12. The fourth-order valence-electron chi connectivity index (χ4n) is 1.96. The second kappa shape index (κ2) is 3.74. The Kier molecular flexibility index (Phi) is 2.57. The first kappa shape index (κ1) is 10.3. The summed E-state index contributed by atoms with van der Waals surface area (Å²) >= 11 is 0. The summed E-state index contributed by atoms with van der Waals surface area (Å²) in [5.41, 5.74) is 1.43. The predicted molar refractivity (Wildman–Crippen MR) is 58.9 cm³/mol. The number of ketones is 1. The van der Waals surface area contributed by atoms with Crippen LogP contribution in [0.2, 0.25) is 0 Å². The maximum Gasteiger partial charge on any atom is 0.171 e. The number of aryl methyl sites for hydroxylation is 1. The van der Waals surface area contributed by atoms with Crippen LogP contribution in [0, 0.1) is 12.3 Å². The van der Waals surface area contributed by atoms with E-state index in [1.54, 1.807) is 6.20 Å². The van der Waals surface area contributed by atoms with Gasteiger partial charge >= 0.3 is 0 Å². The van der Waals surface area contributed by atoms with Crippen molar-refractivity contribution < 1.29 is 4.79 Å². The Morgan fingerprint density at radius 3 is 2.87 bits per heavy atom. The third-order valence-corrected chi connectivity index (χ3v) is 3.09. The van der Waals surface area contributed by atoms with Gasteiger partial charge in [0.25, 0.3) is 0 Å². The highest BCUT2D eigenvalue weighted by molar-refractivity contribution is 6.00. The molecule has 0 amide bonds. The van der Waals surface area contributed by atoms with Gasteiger partial charge in [-0.1, -0.05) is 6.92 Å². The van der Waals surface area contributed by atoms with Crippen LogP contribution in [0.25, 0.3) is 0 Å². The Balaban J connectivity index is 2.24. The summed E-state index contributed by atoms with van der Waals surface area (Å²) in [6.45, 7) is 5.66. The van der Waals surface area contributed by atoms with Gasteiger partial charge in [0.1, 0.15) is 0 Å². The molecule has 15 heavy (non-hydrogen) atoms. The summed E-state index contributed by atoms with van der Waals surface area (Å²) in [4.78, 5) is 16.4. The largest absolute Gasteiger partial charge is 0.316 e. The van der Waals surface area contributed by atoms with Gasteiger partial charge in [0.05, 0.1) is 0 Å². The van der Waals surface area contributed by atoms with E-state index in [0.29, 0.717) is 0 Å². The standard InChI is InChI=1S/C12H16N2O/c1-9-3-4-10(7-14-9)11(15)12(2)5-6-13-8-12/h3-4,7,13H,5-6,8H2,1-2H3. The van der Waals surface area contributed by atoms with Crippen LogP contribution in [0.15, 0.2) is 18.3 Å². The zero-order valence-electron chi connectivity index (χ0n) is 9.21. The summed E-state index contributed by atoms with van der Waals surface area (Å²) in [5, 5.41) is 3.23. The van der Waals surface area contributed by atoms with Gasteiger partial charge in [-0.3, -0.25) is 9.78 Å². The molecular weight excluding hydrogens is 188 g/mol. The maximum atomic E-state index is 12.2. The number of hydrogen-bond acceptors (Lipinski definition) is 3. The lowest BCUT2D eigenvalue weighted by molar-refractivity contribution is 0.0839. The molecule has 0 spiro atoms. The lowest BCUT2D eigenvalue weighted by Gasteiger charge is -2.20. The second-order valence-electron chi connectivity index (χ2n) is 4.50. The zero-order chi connectivity index (χ0) is 10.9. The van der Waals surface area contributed by atoms with E-state index in [1.165, 1.54) is 0 Å². The monoisotopic (exact) mass is 204 g/mol. The molecule has 80 valence electrons. The van der Waals surface area contributed by atoms with Crippen molar-refractivity contribution in [3.05, 3.63) is 29.6 Å². The normalized spacial score (nSPS) is 25.5. The molecule has 1 unspecified atom stereocenters. The average molecular weight is 204 g/mol. The van der Waals surface area contributed by atoms with Crippen LogP contribution in [-0.2, 0) is 0 Å². The molecule has 2 rings (SSSR count). The topological polar surface area (TPSA) is 42.0 Å². The van der Waals surface area contributed by atoms with E-state index in [9.17, 15) is 4.79 Å². The minimum atomic E-state index is -0.239. The molecule has 3 nitrogen and oxygen atoms in total. The van der Waals surface area contributed by atoms with Crippen molar-refractivity contribution in [1.82, 2.24) is 10.3 Å². The van der Waals surface area contributed by atoms with Gasteiger partial charge in [-0.15, -0.1) is 0 Å². The van der Waals surface area contributed by atoms with Crippen molar-refractivity contribution >= 4 is 5.78 Å². The number of carbonyl (C=O) groups is 1. The number of nitrogens with zero attached hydrogens (tertiary/aromatic N) is 1. The van der Waals surface area contributed by atoms with Crippen molar-refractivity contribution in [3.8, 4) is 0 Å². The van der Waals surface area contributed by atoms with Crippen molar-refractivity contribution in [1.29, 1.82) is 0 Å². The fraction of sp³-hybridized carbons (Fsp3) is 0.500. The molecule has 1 atom stereocenters. The van der Waals surface area contributed by atoms with Gasteiger partial charge in [-0.05, 0) is 32.0 Å². The van der Waals surface area contributed by atoms with Crippen molar-refractivity contribution in [2.24, 2.45) is 5.41 Å². The van der Waals surface area contributed by atoms with Crippen molar-refractivity contribution in [3.63, 3.8) is 0 Å². The SMILES string of the molecule is Cc1ccc(C(=O)C2(C)CCNC2)cn1. The van der Waals surface area contributed by atoms with Crippen molar-refractivity contribution in [2.75, 3.05) is 13.1 Å². The van der Waals surface area contributed by atoms with Gasteiger partial charge in [0.2, 0.25) is 0 Å². The zero-order valence-corrected chi connectivity index (χ0v) is 9.21. The van der Waals surface area contributed by atoms with E-state index in [-0.39, 0.29) is 11.2 Å². The van der Waals surface area contributed by atoms with Crippen LogP contribution in [0.5, 0.6) is 0 Å². The number of carbonyl (C=O) groups excluding carboxylic acids is 1. The Hall–Kier alpha value is -1.22. The molecule has 1 fully saturated rings. The highest BCUT2D eigenvalue weighted by atomic mass is 16.1. The minimum Gasteiger partial charge on any atom is -0.316 e. The summed E-state index contributed by atoms with van der Waals surface area (Å²) in [6.07, 6.45) is 2.60. The fourth-order valence-corrected chi connectivity index (χ4v) is 1.96.